The van der Waals surface area contributed by atoms with Crippen molar-refractivity contribution in [3.8, 4) is 0 Å². The quantitative estimate of drug-likeness (QED) is 0.589. The van der Waals surface area contributed by atoms with E-state index in [4.69, 9.17) is 11.6 Å². The highest BCUT2D eigenvalue weighted by Gasteiger charge is 1.94. The van der Waals surface area contributed by atoms with Gasteiger partial charge >= 0.3 is 0 Å². The molecule has 0 unspecified atom stereocenters. The molecule has 0 aliphatic rings. The molecule has 0 aromatic carbocycles. The molecule has 0 radical (unpaired) electrons. The van der Waals surface area contributed by atoms with Gasteiger partial charge in [0.2, 0.25) is 0 Å². The molecule has 0 aromatic rings. The summed E-state index contributed by atoms with van der Waals surface area (Å²) in [5, 5.41) is 0. The van der Waals surface area contributed by atoms with Crippen molar-refractivity contribution in [3.63, 3.8) is 0 Å². The molecule has 0 rings (SSSR count). The van der Waals surface area contributed by atoms with E-state index in [0.29, 0.717) is 0 Å². The fourth-order valence-electron chi connectivity index (χ4n) is 0.211. The lowest BCUT2D eigenvalue weighted by atomic mass is 10.8. The fraction of sp³-hybridized carbons (Fsp3) is 0.500. The van der Waals surface area contributed by atoms with Crippen LogP contribution in [0.25, 0.3) is 0 Å². The molecule has 8 heavy (non-hydrogen) atoms. The topological polar surface area (TPSA) is 34.1 Å². The maximum absolute atomic E-state index is 10.3. The van der Waals surface area contributed by atoms with Crippen LogP contribution >= 0.6 is 11.6 Å². The number of sulfone groups is 1. The molecule has 0 atom stereocenters. The summed E-state index contributed by atoms with van der Waals surface area (Å²) >= 11 is 5.06. The Morgan fingerprint density at radius 2 is 2.12 bits per heavy atom. The van der Waals surface area contributed by atoms with Crippen LogP contribution in [0.5, 0.6) is 0 Å². The van der Waals surface area contributed by atoms with Crippen molar-refractivity contribution in [3.05, 3.63) is 11.6 Å². The zero-order chi connectivity index (χ0) is 6.62. The molecule has 0 fully saturated rings. The van der Waals surface area contributed by atoms with Crippen LogP contribution < -0.4 is 0 Å². The van der Waals surface area contributed by atoms with E-state index in [2.05, 4.69) is 0 Å². The van der Waals surface area contributed by atoms with Gasteiger partial charge in [-0.3, -0.25) is 0 Å². The molecule has 0 spiro atoms. The van der Waals surface area contributed by atoms with Crippen LogP contribution in [-0.4, -0.2) is 20.4 Å². The first-order valence-electron chi connectivity index (χ1n) is 1.99. The van der Waals surface area contributed by atoms with Gasteiger partial charge in [0.05, 0.1) is 5.75 Å². The maximum Gasteiger partial charge on any atom is 0.151 e. The van der Waals surface area contributed by atoms with Gasteiger partial charge in [-0.25, -0.2) is 8.42 Å². The van der Waals surface area contributed by atoms with E-state index in [0.717, 1.165) is 6.26 Å². The Kier molecular flexibility index (Phi) is 3.09. The minimum Gasteiger partial charge on any atom is -0.229 e. The standard InChI is InChI=1S/C4H7ClO2S/c1-8(6,7)4-2-3-5/h2-3H,4H2,1H3. The molecule has 0 heterocycles. The van der Waals surface area contributed by atoms with Gasteiger partial charge in [-0.15, -0.1) is 0 Å². The number of halogens is 1. The number of rotatable bonds is 2. The number of hydrogen-bond acceptors (Lipinski definition) is 2. The predicted molar refractivity (Wildman–Crippen MR) is 34.7 cm³/mol. The van der Waals surface area contributed by atoms with Gasteiger partial charge in [0.1, 0.15) is 0 Å². The summed E-state index contributed by atoms with van der Waals surface area (Å²) in [5.41, 5.74) is 1.20. The third-order valence-electron chi connectivity index (χ3n) is 0.488. The largest absolute Gasteiger partial charge is 0.229 e. The van der Waals surface area contributed by atoms with E-state index in [-0.39, 0.29) is 5.75 Å². The van der Waals surface area contributed by atoms with Crippen molar-refractivity contribution < 1.29 is 8.42 Å². The molecule has 0 aromatic heterocycles. The molecule has 0 amide bonds. The molecule has 0 bridgehead atoms. The Hall–Kier alpha value is -0.0200. The summed E-state index contributed by atoms with van der Waals surface area (Å²) in [7, 11) is -2.86. The summed E-state index contributed by atoms with van der Waals surface area (Å²) in [6, 6.07) is 0. The Morgan fingerprint density at radius 1 is 1.62 bits per heavy atom. The summed E-state index contributed by atoms with van der Waals surface area (Å²) in [6.45, 7) is 0. The minimum atomic E-state index is -2.86. The Bertz CT molecular complexity index is 168. The molecule has 48 valence electrons. The van der Waals surface area contributed by atoms with Crippen molar-refractivity contribution in [1.29, 1.82) is 0 Å². The fourth-order valence-corrected chi connectivity index (χ4v) is 0.852. The van der Waals surface area contributed by atoms with Crippen LogP contribution in [0.2, 0.25) is 0 Å². The molecule has 4 heteroatoms. The second-order valence-electron chi connectivity index (χ2n) is 1.45. The van der Waals surface area contributed by atoms with Gasteiger partial charge in [-0.05, 0) is 0 Å². The molecular weight excluding hydrogens is 148 g/mol. The number of hydrogen-bond donors (Lipinski definition) is 0. The normalized spacial score (nSPS) is 12.8. The summed E-state index contributed by atoms with van der Waals surface area (Å²) in [5.74, 6) is 0.0243. The highest BCUT2D eigenvalue weighted by atomic mass is 35.5. The first-order chi connectivity index (χ1) is 3.56. The van der Waals surface area contributed by atoms with E-state index < -0.39 is 9.84 Å². The average Bonchev–Trinajstić information content (AvgIpc) is 1.59. The zero-order valence-electron chi connectivity index (χ0n) is 4.46. The van der Waals surface area contributed by atoms with E-state index >= 15 is 0 Å². The Labute approximate surface area is 54.1 Å². The van der Waals surface area contributed by atoms with Crippen LogP contribution in [0.4, 0.5) is 0 Å². The van der Waals surface area contributed by atoms with Crippen molar-refractivity contribution in [1.82, 2.24) is 0 Å². The van der Waals surface area contributed by atoms with Crippen LogP contribution in [-0.2, 0) is 9.84 Å². The maximum atomic E-state index is 10.3. The second-order valence-corrected chi connectivity index (χ2v) is 3.89. The molecular formula is C4H7ClO2S. The van der Waals surface area contributed by atoms with Crippen molar-refractivity contribution in [2.45, 2.75) is 0 Å². The SMILES string of the molecule is CS(=O)(=O)CC=CCl. The first kappa shape index (κ1) is 7.98. The van der Waals surface area contributed by atoms with Crippen LogP contribution in [0.3, 0.4) is 0 Å². The van der Waals surface area contributed by atoms with E-state index in [1.165, 1.54) is 11.6 Å². The average molecular weight is 155 g/mol. The third-order valence-corrected chi connectivity index (χ3v) is 1.46. The summed E-state index contributed by atoms with van der Waals surface area (Å²) in [4.78, 5) is 0. The lowest BCUT2D eigenvalue weighted by Crippen LogP contribution is -1.98. The lowest BCUT2D eigenvalue weighted by molar-refractivity contribution is 0.604. The highest BCUT2D eigenvalue weighted by Crippen LogP contribution is 1.85. The Morgan fingerprint density at radius 3 is 2.25 bits per heavy atom. The predicted octanol–water partition coefficient (Wildman–Crippen LogP) is 0.784. The molecule has 2 nitrogen and oxygen atoms in total. The smallest absolute Gasteiger partial charge is 0.151 e. The van der Waals surface area contributed by atoms with Crippen molar-refractivity contribution >= 4 is 21.4 Å². The molecule has 0 N–H and O–H groups in total. The Balaban J connectivity index is 3.76. The van der Waals surface area contributed by atoms with E-state index in [9.17, 15) is 8.42 Å². The van der Waals surface area contributed by atoms with Gasteiger partial charge in [0.15, 0.2) is 9.84 Å². The summed E-state index contributed by atoms with van der Waals surface area (Å²) < 4.78 is 20.6. The molecule has 0 aliphatic heterocycles. The molecule has 0 aliphatic carbocycles. The van der Waals surface area contributed by atoms with E-state index in [1.807, 2.05) is 0 Å². The van der Waals surface area contributed by atoms with Crippen LogP contribution in [0.1, 0.15) is 0 Å². The van der Waals surface area contributed by atoms with Gasteiger partial charge in [-0.2, -0.15) is 0 Å². The monoisotopic (exact) mass is 154 g/mol. The zero-order valence-corrected chi connectivity index (χ0v) is 6.04. The van der Waals surface area contributed by atoms with Crippen LogP contribution in [0.15, 0.2) is 11.6 Å². The second kappa shape index (κ2) is 3.10. The van der Waals surface area contributed by atoms with Crippen molar-refractivity contribution in [2.24, 2.45) is 0 Å². The minimum absolute atomic E-state index is 0.0243. The van der Waals surface area contributed by atoms with Gasteiger partial charge in [0.25, 0.3) is 0 Å². The van der Waals surface area contributed by atoms with E-state index in [1.54, 1.807) is 0 Å². The lowest BCUT2D eigenvalue weighted by Gasteiger charge is -1.84. The third kappa shape index (κ3) is 5.98. The molecule has 0 saturated heterocycles. The molecule has 0 saturated carbocycles. The first-order valence-corrected chi connectivity index (χ1v) is 4.49. The highest BCUT2D eigenvalue weighted by molar-refractivity contribution is 7.90. The van der Waals surface area contributed by atoms with Crippen LogP contribution in [0, 0.1) is 0 Å². The van der Waals surface area contributed by atoms with Gasteiger partial charge in [0, 0.05) is 11.8 Å². The van der Waals surface area contributed by atoms with Gasteiger partial charge in [-0.1, -0.05) is 17.7 Å². The van der Waals surface area contributed by atoms with Crippen molar-refractivity contribution in [2.75, 3.05) is 12.0 Å². The van der Waals surface area contributed by atoms with Gasteiger partial charge < -0.3 is 0 Å². The summed E-state index contributed by atoms with van der Waals surface area (Å²) in [6.07, 6.45) is 2.54.